The van der Waals surface area contributed by atoms with Crippen molar-refractivity contribution in [3.8, 4) is 0 Å². The largest absolute Gasteiger partial charge is 0.353 e. The highest BCUT2D eigenvalue weighted by atomic mass is 35.5. The van der Waals surface area contributed by atoms with E-state index in [1.807, 2.05) is 0 Å². The predicted molar refractivity (Wildman–Crippen MR) is 144 cm³/mol. The van der Waals surface area contributed by atoms with Crippen LogP contribution in [0.25, 0.3) is 5.70 Å². The SMILES string of the molecule is CC(C)(N)C(=O)N1CCN(C(=O)Nc2ccn(C3=CCC(CN4CC5C(N)C5C4)CC3)c(=O)n2)CC1.Cl. The molecule has 5 rings (SSSR count). The normalized spacial score (nSPS) is 27.7. The predicted octanol–water partition coefficient (Wildman–Crippen LogP) is 0.608. The molecule has 5 N–H and O–H groups in total. The third-order valence-electron chi connectivity index (χ3n) is 8.10. The first-order valence-corrected chi connectivity index (χ1v) is 13.0. The van der Waals surface area contributed by atoms with Crippen LogP contribution in [0.1, 0.15) is 33.1 Å². The Balaban J connectivity index is 0.00000320. The van der Waals surface area contributed by atoms with Crippen molar-refractivity contribution in [1.82, 2.24) is 24.3 Å². The fourth-order valence-electron chi connectivity index (χ4n) is 5.83. The number of hydrogen-bond donors (Lipinski definition) is 3. The van der Waals surface area contributed by atoms with E-state index in [4.69, 9.17) is 11.5 Å². The lowest BCUT2D eigenvalue weighted by molar-refractivity contribution is -0.137. The number of rotatable bonds is 5. The summed E-state index contributed by atoms with van der Waals surface area (Å²) in [6.45, 7) is 8.35. The number of allylic oxidation sites excluding steroid dienone is 2. The molecule has 0 bridgehead atoms. The average molecular weight is 535 g/mol. The van der Waals surface area contributed by atoms with Crippen molar-refractivity contribution in [3.63, 3.8) is 0 Å². The zero-order valence-corrected chi connectivity index (χ0v) is 22.5. The molecule has 1 aromatic heterocycles. The lowest BCUT2D eigenvalue weighted by atomic mass is 9.92. The number of nitrogens with one attached hydrogen (secondary N) is 1. The van der Waals surface area contributed by atoms with E-state index in [2.05, 4.69) is 21.3 Å². The van der Waals surface area contributed by atoms with E-state index in [1.165, 1.54) is 0 Å². The van der Waals surface area contributed by atoms with E-state index in [-0.39, 0.29) is 30.2 Å². The summed E-state index contributed by atoms with van der Waals surface area (Å²) in [5, 5.41) is 2.72. The van der Waals surface area contributed by atoms with Crippen molar-refractivity contribution in [1.29, 1.82) is 0 Å². The number of carbonyl (C=O) groups is 2. The summed E-state index contributed by atoms with van der Waals surface area (Å²) >= 11 is 0. The van der Waals surface area contributed by atoms with Crippen LogP contribution in [0.4, 0.5) is 10.6 Å². The average Bonchev–Trinajstić information content (AvgIpc) is 3.23. The molecule has 12 heteroatoms. The number of urea groups is 1. The molecule has 37 heavy (non-hydrogen) atoms. The molecule has 0 radical (unpaired) electrons. The van der Waals surface area contributed by atoms with E-state index in [0.717, 1.165) is 44.6 Å². The molecule has 1 aromatic rings. The number of likely N-dealkylation sites (tertiary alicyclic amines) is 1. The maximum Gasteiger partial charge on any atom is 0.353 e. The quantitative estimate of drug-likeness (QED) is 0.502. The molecular formula is C25H39ClN8O3. The van der Waals surface area contributed by atoms with Gasteiger partial charge in [-0.2, -0.15) is 4.98 Å². The highest BCUT2D eigenvalue weighted by Gasteiger charge is 2.53. The second-order valence-electron chi connectivity index (χ2n) is 11.4. The topological polar surface area (TPSA) is 143 Å². The van der Waals surface area contributed by atoms with Crippen molar-refractivity contribution in [3.05, 3.63) is 28.8 Å². The molecule has 11 nitrogen and oxygen atoms in total. The number of anilines is 1. The molecule has 3 amide bonds. The summed E-state index contributed by atoms with van der Waals surface area (Å²) in [4.78, 5) is 47.6. The summed E-state index contributed by atoms with van der Waals surface area (Å²) in [6.07, 6.45) is 6.67. The van der Waals surface area contributed by atoms with Crippen molar-refractivity contribution in [2.24, 2.45) is 29.2 Å². The van der Waals surface area contributed by atoms with E-state index in [1.54, 1.807) is 40.5 Å². The minimum Gasteiger partial charge on any atom is -0.338 e. The van der Waals surface area contributed by atoms with Gasteiger partial charge in [0.1, 0.15) is 5.82 Å². The first-order valence-electron chi connectivity index (χ1n) is 13.0. The van der Waals surface area contributed by atoms with E-state index < -0.39 is 11.2 Å². The Morgan fingerprint density at radius 3 is 2.35 bits per heavy atom. The molecule has 2 aliphatic heterocycles. The van der Waals surface area contributed by atoms with Crippen molar-refractivity contribution < 1.29 is 9.59 Å². The number of hydrogen-bond acceptors (Lipinski definition) is 7. The molecule has 4 aliphatic rings. The molecule has 1 saturated carbocycles. The minimum absolute atomic E-state index is 0. The number of piperazine rings is 1. The second-order valence-corrected chi connectivity index (χ2v) is 11.4. The van der Waals surface area contributed by atoms with Crippen LogP contribution in [0, 0.1) is 17.8 Å². The number of nitrogens with two attached hydrogens (primary N) is 2. The first kappa shape index (κ1) is 27.6. The Morgan fingerprint density at radius 2 is 1.78 bits per heavy atom. The summed E-state index contributed by atoms with van der Waals surface area (Å²) < 4.78 is 1.58. The van der Waals surface area contributed by atoms with Gasteiger partial charge >= 0.3 is 11.7 Å². The summed E-state index contributed by atoms with van der Waals surface area (Å²) in [5.74, 6) is 2.12. The van der Waals surface area contributed by atoms with Crippen molar-refractivity contribution >= 4 is 35.9 Å². The number of piperidine rings is 1. The van der Waals surface area contributed by atoms with Gasteiger partial charge in [-0.25, -0.2) is 9.59 Å². The molecule has 0 spiro atoms. The smallest absolute Gasteiger partial charge is 0.338 e. The Kier molecular flexibility index (Phi) is 7.99. The van der Waals surface area contributed by atoms with Gasteiger partial charge in [0.2, 0.25) is 5.91 Å². The van der Waals surface area contributed by atoms with E-state index in [9.17, 15) is 14.4 Å². The van der Waals surface area contributed by atoms with Gasteiger partial charge in [-0.05, 0) is 56.9 Å². The lowest BCUT2D eigenvalue weighted by Gasteiger charge is -2.37. The number of amides is 3. The molecule has 3 heterocycles. The van der Waals surface area contributed by atoms with Gasteiger partial charge < -0.3 is 26.2 Å². The Morgan fingerprint density at radius 1 is 1.14 bits per heavy atom. The number of carbonyl (C=O) groups excluding carboxylic acids is 2. The van der Waals surface area contributed by atoms with E-state index >= 15 is 0 Å². The zero-order chi connectivity index (χ0) is 25.6. The molecule has 3 atom stereocenters. The Labute approximate surface area is 223 Å². The van der Waals surface area contributed by atoms with Crippen LogP contribution >= 0.6 is 12.4 Å². The van der Waals surface area contributed by atoms with Gasteiger partial charge in [0.05, 0.1) is 5.54 Å². The van der Waals surface area contributed by atoms with Crippen LogP contribution in [0.2, 0.25) is 0 Å². The first-order chi connectivity index (χ1) is 17.1. The molecule has 3 unspecified atom stereocenters. The van der Waals surface area contributed by atoms with E-state index in [0.29, 0.717) is 50.0 Å². The minimum atomic E-state index is -0.935. The van der Waals surface area contributed by atoms with Crippen LogP contribution in [0.15, 0.2) is 23.1 Å². The lowest BCUT2D eigenvalue weighted by Crippen LogP contribution is -2.58. The van der Waals surface area contributed by atoms with Gasteiger partial charge in [-0.3, -0.25) is 14.7 Å². The number of aromatic nitrogens is 2. The maximum absolute atomic E-state index is 12.7. The van der Waals surface area contributed by atoms with Gasteiger partial charge in [0, 0.05) is 63.7 Å². The Bertz CT molecular complexity index is 1100. The van der Waals surface area contributed by atoms with Gasteiger partial charge in [-0.1, -0.05) is 6.08 Å². The number of halogens is 1. The highest BCUT2D eigenvalue weighted by Crippen LogP contribution is 2.44. The van der Waals surface area contributed by atoms with Gasteiger partial charge in [-0.15, -0.1) is 12.4 Å². The monoisotopic (exact) mass is 534 g/mol. The maximum atomic E-state index is 12.7. The Hall–Kier alpha value is -2.47. The molecule has 204 valence electrons. The van der Waals surface area contributed by atoms with Crippen LogP contribution < -0.4 is 22.5 Å². The second kappa shape index (κ2) is 10.7. The number of nitrogens with zero attached hydrogens (tertiary/aromatic N) is 5. The molecule has 2 aliphatic carbocycles. The molecule has 3 fully saturated rings. The highest BCUT2D eigenvalue weighted by molar-refractivity contribution is 5.89. The number of fused-ring (bicyclic) bond motifs is 1. The van der Waals surface area contributed by atoms with Crippen molar-refractivity contribution in [2.75, 3.05) is 51.1 Å². The van der Waals surface area contributed by atoms with Gasteiger partial charge in [0.15, 0.2) is 0 Å². The zero-order valence-electron chi connectivity index (χ0n) is 21.6. The summed E-state index contributed by atoms with van der Waals surface area (Å²) in [7, 11) is 0. The molecule has 2 saturated heterocycles. The fraction of sp³-hybridized carbons (Fsp3) is 0.680. The van der Waals surface area contributed by atoms with Crippen LogP contribution in [0.3, 0.4) is 0 Å². The molecular weight excluding hydrogens is 496 g/mol. The standard InChI is InChI=1S/C25H38N8O3.ClH/c1-25(2,27)22(34)31-9-11-32(12-10-31)23(35)28-20-7-8-33(24(36)29-20)17-5-3-16(4-6-17)13-30-14-18-19(15-30)21(18)26;/h5,7-8,16,18-19,21H,3-4,6,9-15,26-27H2,1-2H3,(H,28,29,35,36);1H. The third-order valence-corrected chi connectivity index (χ3v) is 8.10. The fourth-order valence-corrected chi connectivity index (χ4v) is 5.83. The summed E-state index contributed by atoms with van der Waals surface area (Å²) in [6, 6.07) is 1.75. The van der Waals surface area contributed by atoms with Crippen LogP contribution in [0.5, 0.6) is 0 Å². The van der Waals surface area contributed by atoms with Crippen LogP contribution in [-0.4, -0.2) is 93.6 Å². The van der Waals surface area contributed by atoms with Gasteiger partial charge in [0.25, 0.3) is 0 Å². The van der Waals surface area contributed by atoms with Crippen LogP contribution in [-0.2, 0) is 4.79 Å². The van der Waals surface area contributed by atoms with Crippen molar-refractivity contribution in [2.45, 2.75) is 44.7 Å². The molecule has 0 aromatic carbocycles. The third kappa shape index (κ3) is 6.00. The summed E-state index contributed by atoms with van der Waals surface area (Å²) in [5.41, 5.74) is 11.6.